The second-order valence-electron chi connectivity index (χ2n) is 4.42. The van der Waals surface area contributed by atoms with Crippen LogP contribution in [-0.2, 0) is 6.42 Å². The SMILES string of the molecule is Cc1cc(F)ccc1CC(=O)c1c(F)cc(F)cc1F. The molecule has 20 heavy (non-hydrogen) atoms. The molecule has 0 saturated carbocycles. The second kappa shape index (κ2) is 5.45. The molecular weight excluding hydrogens is 272 g/mol. The standard InChI is InChI=1S/C15H10F4O/c1-8-4-10(16)3-2-9(8)5-14(20)15-12(18)6-11(17)7-13(15)19/h2-4,6-7H,5H2,1H3. The van der Waals surface area contributed by atoms with E-state index in [1.165, 1.54) is 12.1 Å². The summed E-state index contributed by atoms with van der Waals surface area (Å²) in [4.78, 5) is 11.9. The van der Waals surface area contributed by atoms with Gasteiger partial charge in [0, 0.05) is 18.6 Å². The quantitative estimate of drug-likeness (QED) is 0.615. The Morgan fingerprint density at radius 1 is 0.950 bits per heavy atom. The van der Waals surface area contributed by atoms with Crippen molar-refractivity contribution in [3.05, 3.63) is 70.3 Å². The third kappa shape index (κ3) is 2.87. The molecule has 0 spiro atoms. The first kappa shape index (κ1) is 14.2. The van der Waals surface area contributed by atoms with Crippen LogP contribution in [0, 0.1) is 30.2 Å². The summed E-state index contributed by atoms with van der Waals surface area (Å²) in [6.45, 7) is 1.59. The van der Waals surface area contributed by atoms with Crippen LogP contribution in [0.3, 0.4) is 0 Å². The van der Waals surface area contributed by atoms with Gasteiger partial charge in [0.05, 0.1) is 5.56 Å². The summed E-state index contributed by atoms with van der Waals surface area (Å²) in [6.07, 6.45) is -0.286. The van der Waals surface area contributed by atoms with Crippen LogP contribution in [0.1, 0.15) is 21.5 Å². The minimum Gasteiger partial charge on any atom is -0.294 e. The van der Waals surface area contributed by atoms with Crippen molar-refractivity contribution in [3.8, 4) is 0 Å². The largest absolute Gasteiger partial charge is 0.294 e. The molecule has 0 aliphatic carbocycles. The third-order valence-corrected chi connectivity index (χ3v) is 2.94. The van der Waals surface area contributed by atoms with E-state index in [1.54, 1.807) is 6.92 Å². The van der Waals surface area contributed by atoms with Crippen LogP contribution in [0.4, 0.5) is 17.6 Å². The first-order valence-electron chi connectivity index (χ1n) is 5.81. The Hall–Kier alpha value is -2.17. The summed E-state index contributed by atoms with van der Waals surface area (Å²) < 4.78 is 52.6. The number of carbonyl (C=O) groups excluding carboxylic acids is 1. The lowest BCUT2D eigenvalue weighted by Crippen LogP contribution is -2.10. The molecule has 1 nitrogen and oxygen atoms in total. The van der Waals surface area contributed by atoms with E-state index >= 15 is 0 Å². The van der Waals surface area contributed by atoms with Crippen LogP contribution in [0.5, 0.6) is 0 Å². The molecule has 0 heterocycles. The highest BCUT2D eigenvalue weighted by molar-refractivity contribution is 5.98. The molecule has 0 aromatic heterocycles. The van der Waals surface area contributed by atoms with Gasteiger partial charge in [-0.15, -0.1) is 0 Å². The molecule has 0 amide bonds. The summed E-state index contributed by atoms with van der Waals surface area (Å²) in [7, 11) is 0. The molecule has 0 aliphatic heterocycles. The van der Waals surface area contributed by atoms with Crippen LogP contribution >= 0.6 is 0 Å². The highest BCUT2D eigenvalue weighted by Gasteiger charge is 2.19. The van der Waals surface area contributed by atoms with Gasteiger partial charge in [-0.05, 0) is 30.2 Å². The van der Waals surface area contributed by atoms with E-state index in [9.17, 15) is 22.4 Å². The molecule has 0 aliphatic rings. The fourth-order valence-corrected chi connectivity index (χ4v) is 1.93. The summed E-state index contributed by atoms with van der Waals surface area (Å²) in [5.41, 5.74) is 0.177. The summed E-state index contributed by atoms with van der Waals surface area (Å²) in [5.74, 6) is -4.86. The number of hydrogen-bond donors (Lipinski definition) is 0. The van der Waals surface area contributed by atoms with Gasteiger partial charge < -0.3 is 0 Å². The van der Waals surface area contributed by atoms with Gasteiger partial charge in [-0.2, -0.15) is 0 Å². The average Bonchev–Trinajstić information content (AvgIpc) is 2.31. The first-order chi connectivity index (χ1) is 9.38. The lowest BCUT2D eigenvalue weighted by molar-refractivity contribution is 0.0984. The summed E-state index contributed by atoms with van der Waals surface area (Å²) in [5, 5.41) is 0. The molecule has 2 rings (SSSR count). The Bertz CT molecular complexity index is 657. The van der Waals surface area contributed by atoms with Crippen molar-refractivity contribution >= 4 is 5.78 Å². The van der Waals surface area contributed by atoms with Gasteiger partial charge in [0.25, 0.3) is 0 Å². The minimum atomic E-state index is -1.24. The molecule has 2 aromatic carbocycles. The summed E-state index contributed by atoms with van der Waals surface area (Å²) in [6, 6.07) is 4.66. The number of Topliss-reactive ketones (excluding diaryl/α,β-unsaturated/α-hetero) is 1. The Morgan fingerprint density at radius 3 is 2.10 bits per heavy atom. The van der Waals surface area contributed by atoms with Crippen molar-refractivity contribution in [1.82, 2.24) is 0 Å². The molecule has 0 fully saturated rings. The number of halogens is 4. The van der Waals surface area contributed by atoms with Crippen LogP contribution < -0.4 is 0 Å². The molecule has 0 atom stereocenters. The lowest BCUT2D eigenvalue weighted by Gasteiger charge is -2.07. The molecule has 104 valence electrons. The van der Waals surface area contributed by atoms with E-state index < -0.39 is 34.6 Å². The van der Waals surface area contributed by atoms with E-state index in [2.05, 4.69) is 0 Å². The topological polar surface area (TPSA) is 17.1 Å². The molecular formula is C15H10F4O. The van der Waals surface area contributed by atoms with Crippen LogP contribution in [0.15, 0.2) is 30.3 Å². The monoisotopic (exact) mass is 282 g/mol. The van der Waals surface area contributed by atoms with Crippen LogP contribution in [0.2, 0.25) is 0 Å². The number of hydrogen-bond acceptors (Lipinski definition) is 1. The number of benzene rings is 2. The predicted octanol–water partition coefficient (Wildman–Crippen LogP) is 3.98. The molecule has 0 unspecified atom stereocenters. The number of carbonyl (C=O) groups is 1. The molecule has 0 saturated heterocycles. The maximum atomic E-state index is 13.5. The maximum Gasteiger partial charge on any atom is 0.173 e. The average molecular weight is 282 g/mol. The first-order valence-corrected chi connectivity index (χ1v) is 5.81. The van der Waals surface area contributed by atoms with Crippen molar-refractivity contribution in [3.63, 3.8) is 0 Å². The Kier molecular flexibility index (Phi) is 3.88. The highest BCUT2D eigenvalue weighted by Crippen LogP contribution is 2.19. The van der Waals surface area contributed by atoms with Crippen molar-refractivity contribution in [1.29, 1.82) is 0 Å². The molecule has 0 N–H and O–H groups in total. The zero-order chi connectivity index (χ0) is 14.9. The zero-order valence-corrected chi connectivity index (χ0v) is 10.5. The van der Waals surface area contributed by atoms with Gasteiger partial charge in [-0.25, -0.2) is 17.6 Å². The molecule has 0 bridgehead atoms. The number of ketones is 1. The smallest absolute Gasteiger partial charge is 0.173 e. The number of aryl methyl sites for hydroxylation is 1. The fraction of sp³-hybridized carbons (Fsp3) is 0.133. The zero-order valence-electron chi connectivity index (χ0n) is 10.5. The van der Waals surface area contributed by atoms with E-state index in [0.717, 1.165) is 6.07 Å². The van der Waals surface area contributed by atoms with Crippen molar-refractivity contribution in [2.45, 2.75) is 13.3 Å². The Balaban J connectivity index is 2.33. The Labute approximate surface area is 112 Å². The Morgan fingerprint density at radius 2 is 1.55 bits per heavy atom. The van der Waals surface area contributed by atoms with Crippen LogP contribution in [-0.4, -0.2) is 5.78 Å². The molecule has 5 heteroatoms. The van der Waals surface area contributed by atoms with Crippen molar-refractivity contribution < 1.29 is 22.4 Å². The molecule has 2 aromatic rings. The minimum absolute atomic E-state index is 0.286. The van der Waals surface area contributed by atoms with Gasteiger partial charge >= 0.3 is 0 Å². The van der Waals surface area contributed by atoms with Gasteiger partial charge in [0.1, 0.15) is 23.3 Å². The van der Waals surface area contributed by atoms with Crippen molar-refractivity contribution in [2.24, 2.45) is 0 Å². The second-order valence-corrected chi connectivity index (χ2v) is 4.42. The third-order valence-electron chi connectivity index (χ3n) is 2.94. The van der Waals surface area contributed by atoms with Gasteiger partial charge in [-0.3, -0.25) is 4.79 Å². The lowest BCUT2D eigenvalue weighted by atomic mass is 9.98. The van der Waals surface area contributed by atoms with Crippen LogP contribution in [0.25, 0.3) is 0 Å². The van der Waals surface area contributed by atoms with Crippen molar-refractivity contribution in [2.75, 3.05) is 0 Å². The van der Waals surface area contributed by atoms with Gasteiger partial charge in [-0.1, -0.05) is 6.07 Å². The predicted molar refractivity (Wildman–Crippen MR) is 65.5 cm³/mol. The number of rotatable bonds is 3. The van der Waals surface area contributed by atoms with E-state index in [0.29, 0.717) is 23.3 Å². The van der Waals surface area contributed by atoms with E-state index in [-0.39, 0.29) is 6.42 Å². The highest BCUT2D eigenvalue weighted by atomic mass is 19.1. The van der Waals surface area contributed by atoms with E-state index in [1.807, 2.05) is 0 Å². The van der Waals surface area contributed by atoms with Gasteiger partial charge in [0.2, 0.25) is 0 Å². The maximum absolute atomic E-state index is 13.5. The van der Waals surface area contributed by atoms with Gasteiger partial charge in [0.15, 0.2) is 5.78 Å². The normalized spacial score (nSPS) is 10.7. The summed E-state index contributed by atoms with van der Waals surface area (Å²) >= 11 is 0. The fourth-order valence-electron chi connectivity index (χ4n) is 1.93. The van der Waals surface area contributed by atoms with E-state index in [4.69, 9.17) is 0 Å². The molecule has 0 radical (unpaired) electrons.